The summed E-state index contributed by atoms with van der Waals surface area (Å²) in [5.74, 6) is 0.788. The van der Waals surface area contributed by atoms with Gasteiger partial charge in [-0.1, -0.05) is 6.92 Å². The maximum atomic E-state index is 11.6. The molecule has 1 aliphatic heterocycles. The van der Waals surface area contributed by atoms with Gasteiger partial charge in [-0.25, -0.2) is 0 Å². The van der Waals surface area contributed by atoms with Crippen LogP contribution in [0.2, 0.25) is 0 Å². The van der Waals surface area contributed by atoms with Crippen LogP contribution in [0, 0.1) is 0 Å². The van der Waals surface area contributed by atoms with Crippen molar-refractivity contribution >= 4 is 5.78 Å². The van der Waals surface area contributed by atoms with Crippen LogP contribution in [0.1, 0.15) is 37.6 Å². The minimum atomic E-state index is -0.693. The molecule has 0 aromatic heterocycles. The number of rotatable bonds is 7. The summed E-state index contributed by atoms with van der Waals surface area (Å²) in [6.07, 6.45) is -0.0905. The van der Waals surface area contributed by atoms with Crippen molar-refractivity contribution in [3.63, 3.8) is 0 Å². The Bertz CT molecular complexity index is 508. The predicted octanol–water partition coefficient (Wildman–Crippen LogP) is 1.70. The molecule has 0 saturated carbocycles. The number of Topliss-reactive ketones (excluding diaryl/α,β-unsaturated/α-hetero) is 1. The Labute approximate surface area is 138 Å². The average molecular weight is 320 g/mol. The predicted molar refractivity (Wildman–Crippen MR) is 91.1 cm³/mol. The fourth-order valence-corrected chi connectivity index (χ4v) is 2.64. The first-order chi connectivity index (χ1) is 10.9. The molecule has 0 radical (unpaired) electrons. The highest BCUT2D eigenvalue weighted by molar-refractivity contribution is 5.95. The van der Waals surface area contributed by atoms with Gasteiger partial charge >= 0.3 is 0 Å². The van der Waals surface area contributed by atoms with E-state index >= 15 is 0 Å². The lowest BCUT2D eigenvalue weighted by molar-refractivity contribution is -0.0456. The number of hydrogen-bond acceptors (Lipinski definition) is 5. The second-order valence-corrected chi connectivity index (χ2v) is 6.57. The fourth-order valence-electron chi connectivity index (χ4n) is 2.64. The molecule has 5 heteroatoms. The lowest BCUT2D eigenvalue weighted by Crippen LogP contribution is -2.52. The van der Waals surface area contributed by atoms with Crippen LogP contribution in [0.3, 0.4) is 0 Å². The first-order valence-corrected chi connectivity index (χ1v) is 8.36. The first-order valence-electron chi connectivity index (χ1n) is 8.36. The van der Waals surface area contributed by atoms with E-state index < -0.39 is 11.7 Å². The smallest absolute Gasteiger partial charge is 0.162 e. The number of carbonyl (C=O) groups excluding carboxylic acids is 1. The topological polar surface area (TPSA) is 61.8 Å². The molecule has 0 spiro atoms. The minimum Gasteiger partial charge on any atom is -0.485 e. The van der Waals surface area contributed by atoms with Crippen molar-refractivity contribution in [2.24, 2.45) is 0 Å². The molecule has 1 atom stereocenters. The number of aliphatic hydroxyl groups is 1. The molecule has 1 heterocycles. The molecule has 1 saturated heterocycles. The minimum absolute atomic E-state index is 0.120. The molecule has 5 nitrogen and oxygen atoms in total. The van der Waals surface area contributed by atoms with Crippen molar-refractivity contribution in [2.75, 3.05) is 32.7 Å². The van der Waals surface area contributed by atoms with Gasteiger partial charge < -0.3 is 15.2 Å². The van der Waals surface area contributed by atoms with Crippen LogP contribution in [0.15, 0.2) is 24.3 Å². The summed E-state index contributed by atoms with van der Waals surface area (Å²) in [7, 11) is 0. The van der Waals surface area contributed by atoms with Gasteiger partial charge in [0, 0.05) is 44.7 Å². The fraction of sp³-hybridized carbons (Fsp3) is 0.611. The summed E-state index contributed by atoms with van der Waals surface area (Å²) >= 11 is 0. The molecule has 1 fully saturated rings. The molecule has 0 aliphatic carbocycles. The third kappa shape index (κ3) is 5.03. The van der Waals surface area contributed by atoms with Crippen LogP contribution >= 0.6 is 0 Å². The lowest BCUT2D eigenvalue weighted by Gasteiger charge is -2.36. The van der Waals surface area contributed by atoms with E-state index in [1.165, 1.54) is 0 Å². The molecular formula is C18H28N2O3. The summed E-state index contributed by atoms with van der Waals surface area (Å²) in [5.41, 5.74) is 0.000242. The largest absolute Gasteiger partial charge is 0.485 e. The zero-order valence-corrected chi connectivity index (χ0v) is 14.3. The van der Waals surface area contributed by atoms with Crippen LogP contribution in [0.25, 0.3) is 0 Å². The van der Waals surface area contributed by atoms with Crippen molar-refractivity contribution in [3.8, 4) is 5.75 Å². The number of carbonyl (C=O) groups is 1. The van der Waals surface area contributed by atoms with Gasteiger partial charge in [-0.15, -0.1) is 0 Å². The Morgan fingerprint density at radius 3 is 2.48 bits per heavy atom. The first kappa shape index (κ1) is 17.9. The van der Waals surface area contributed by atoms with Crippen LogP contribution < -0.4 is 10.1 Å². The number of ketones is 1. The lowest BCUT2D eigenvalue weighted by atomic mass is 10.0. The summed E-state index contributed by atoms with van der Waals surface area (Å²) in [4.78, 5) is 13.9. The summed E-state index contributed by atoms with van der Waals surface area (Å²) in [5, 5.41) is 13.8. The third-order valence-corrected chi connectivity index (χ3v) is 4.32. The number of nitrogens with zero attached hydrogens (tertiary/aromatic N) is 1. The summed E-state index contributed by atoms with van der Waals surface area (Å²) in [6.45, 7) is 10.0. The van der Waals surface area contributed by atoms with Gasteiger partial charge in [0.15, 0.2) is 5.78 Å². The van der Waals surface area contributed by atoms with E-state index in [1.54, 1.807) is 24.3 Å². The van der Waals surface area contributed by atoms with E-state index in [9.17, 15) is 9.90 Å². The van der Waals surface area contributed by atoms with Gasteiger partial charge in [0.25, 0.3) is 0 Å². The number of ether oxygens (including phenoxy) is 1. The summed E-state index contributed by atoms with van der Waals surface area (Å²) in [6, 6.07) is 7.14. The molecule has 1 aromatic rings. The molecule has 1 unspecified atom stereocenters. The van der Waals surface area contributed by atoms with E-state index in [0.717, 1.165) is 26.2 Å². The van der Waals surface area contributed by atoms with Gasteiger partial charge in [0.05, 0.1) is 0 Å². The van der Waals surface area contributed by atoms with Gasteiger partial charge in [-0.3, -0.25) is 9.69 Å². The van der Waals surface area contributed by atoms with Gasteiger partial charge in [-0.2, -0.15) is 0 Å². The second-order valence-electron chi connectivity index (χ2n) is 6.57. The van der Waals surface area contributed by atoms with Crippen LogP contribution in [0.4, 0.5) is 0 Å². The van der Waals surface area contributed by atoms with E-state index in [0.29, 0.717) is 24.3 Å². The van der Waals surface area contributed by atoms with Crippen LogP contribution in [-0.4, -0.2) is 60.2 Å². The zero-order valence-electron chi connectivity index (χ0n) is 14.3. The number of aliphatic hydroxyl groups excluding tert-OH is 1. The quantitative estimate of drug-likeness (QED) is 0.749. The van der Waals surface area contributed by atoms with Gasteiger partial charge in [0.2, 0.25) is 0 Å². The third-order valence-electron chi connectivity index (χ3n) is 4.32. The van der Waals surface area contributed by atoms with Crippen molar-refractivity contribution in [1.29, 1.82) is 0 Å². The Hall–Kier alpha value is -1.43. The Morgan fingerprint density at radius 2 is 1.91 bits per heavy atom. The highest BCUT2D eigenvalue weighted by Crippen LogP contribution is 2.23. The molecular weight excluding hydrogens is 292 g/mol. The number of piperazine rings is 1. The van der Waals surface area contributed by atoms with E-state index in [2.05, 4.69) is 10.2 Å². The number of nitrogens with one attached hydrogen (secondary N) is 1. The average Bonchev–Trinajstić information content (AvgIpc) is 2.55. The van der Waals surface area contributed by atoms with E-state index in [1.807, 2.05) is 20.8 Å². The standard InChI is InChI=1S/C18H28N2O3/c1-4-16(21)14-5-7-15(8-6-14)23-18(2,3)17(22)13-20-11-9-19-10-12-20/h5-8,17,19,22H,4,9-13H2,1-3H3. The van der Waals surface area contributed by atoms with E-state index in [-0.39, 0.29) is 5.78 Å². The molecule has 128 valence electrons. The Morgan fingerprint density at radius 1 is 1.30 bits per heavy atom. The maximum absolute atomic E-state index is 11.6. The number of hydrogen-bond donors (Lipinski definition) is 2. The SMILES string of the molecule is CCC(=O)c1ccc(OC(C)(C)C(O)CN2CCNCC2)cc1. The molecule has 1 aliphatic rings. The van der Waals surface area contributed by atoms with E-state index in [4.69, 9.17) is 4.74 Å². The molecule has 23 heavy (non-hydrogen) atoms. The monoisotopic (exact) mass is 320 g/mol. The zero-order chi connectivity index (χ0) is 16.9. The molecule has 0 amide bonds. The number of benzene rings is 1. The van der Waals surface area contributed by atoms with Crippen molar-refractivity contribution in [2.45, 2.75) is 38.9 Å². The second kappa shape index (κ2) is 7.90. The van der Waals surface area contributed by atoms with Crippen molar-refractivity contribution in [1.82, 2.24) is 10.2 Å². The van der Waals surface area contributed by atoms with Gasteiger partial charge in [0.1, 0.15) is 17.5 Å². The van der Waals surface area contributed by atoms with Gasteiger partial charge in [-0.05, 0) is 38.1 Å². The molecule has 2 rings (SSSR count). The van der Waals surface area contributed by atoms with Crippen molar-refractivity contribution < 1.29 is 14.6 Å². The normalized spacial score (nSPS) is 17.7. The highest BCUT2D eigenvalue weighted by atomic mass is 16.5. The number of β-amino-alcohol motifs (C(OH)–C–C–N with tert-alkyl or cyclic N) is 1. The molecule has 0 bridgehead atoms. The Kier molecular flexibility index (Phi) is 6.16. The maximum Gasteiger partial charge on any atom is 0.162 e. The summed E-state index contributed by atoms with van der Waals surface area (Å²) < 4.78 is 5.97. The highest BCUT2D eigenvalue weighted by Gasteiger charge is 2.31. The molecule has 1 aromatic carbocycles. The van der Waals surface area contributed by atoms with Crippen LogP contribution in [-0.2, 0) is 0 Å². The Balaban J connectivity index is 1.94. The molecule has 2 N–H and O–H groups in total. The van der Waals surface area contributed by atoms with Crippen molar-refractivity contribution in [3.05, 3.63) is 29.8 Å². The van der Waals surface area contributed by atoms with Crippen LogP contribution in [0.5, 0.6) is 5.75 Å².